The minimum atomic E-state index is -3.48. The SMILES string of the molecule is CNC(C)c1cccc(S(=O)(=O)NC2C(C)(C)C2(C)C)c1. The van der Waals surface area contributed by atoms with Crippen molar-refractivity contribution in [3.05, 3.63) is 29.8 Å². The van der Waals surface area contributed by atoms with Gasteiger partial charge >= 0.3 is 0 Å². The quantitative estimate of drug-likeness (QED) is 0.879. The summed E-state index contributed by atoms with van der Waals surface area (Å²) in [6, 6.07) is 7.21. The fourth-order valence-corrected chi connectivity index (χ4v) is 4.42. The summed E-state index contributed by atoms with van der Waals surface area (Å²) in [4.78, 5) is 0.334. The first-order valence-corrected chi connectivity index (χ1v) is 8.82. The Balaban J connectivity index is 2.26. The molecule has 1 aliphatic rings. The number of hydrogen-bond donors (Lipinski definition) is 2. The maximum absolute atomic E-state index is 12.6. The van der Waals surface area contributed by atoms with Crippen LogP contribution in [0.15, 0.2) is 29.2 Å². The number of rotatable bonds is 5. The van der Waals surface area contributed by atoms with Crippen LogP contribution in [0.5, 0.6) is 0 Å². The van der Waals surface area contributed by atoms with Crippen LogP contribution < -0.4 is 10.0 Å². The highest BCUT2D eigenvalue weighted by atomic mass is 32.2. The normalized spacial score (nSPS) is 22.0. The standard InChI is InChI=1S/C16H26N2O2S/c1-11(17-6)12-8-7-9-13(10-12)21(19,20)18-14-15(2,3)16(14,4)5/h7-11,14,17-18H,1-6H3. The molecule has 0 heterocycles. The molecule has 1 aromatic carbocycles. The van der Waals surface area contributed by atoms with Crippen LogP contribution in [0.1, 0.15) is 46.2 Å². The van der Waals surface area contributed by atoms with Crippen LogP contribution in [0, 0.1) is 10.8 Å². The zero-order valence-corrected chi connectivity index (χ0v) is 14.5. The van der Waals surface area contributed by atoms with Crippen LogP contribution in [0.4, 0.5) is 0 Å². The Morgan fingerprint density at radius 1 is 1.14 bits per heavy atom. The van der Waals surface area contributed by atoms with Gasteiger partial charge in [-0.3, -0.25) is 0 Å². The molecule has 0 radical (unpaired) electrons. The van der Waals surface area contributed by atoms with Gasteiger partial charge in [0.2, 0.25) is 10.0 Å². The van der Waals surface area contributed by atoms with E-state index in [9.17, 15) is 8.42 Å². The fraction of sp³-hybridized carbons (Fsp3) is 0.625. The monoisotopic (exact) mass is 310 g/mol. The highest BCUT2D eigenvalue weighted by molar-refractivity contribution is 7.89. The predicted molar refractivity (Wildman–Crippen MR) is 85.6 cm³/mol. The fourth-order valence-electron chi connectivity index (χ4n) is 2.83. The molecular weight excluding hydrogens is 284 g/mol. The molecule has 21 heavy (non-hydrogen) atoms. The molecule has 0 aromatic heterocycles. The summed E-state index contributed by atoms with van der Waals surface area (Å²) in [5, 5.41) is 3.12. The largest absolute Gasteiger partial charge is 0.313 e. The Hall–Kier alpha value is -0.910. The summed E-state index contributed by atoms with van der Waals surface area (Å²) in [7, 11) is -1.62. The third-order valence-electron chi connectivity index (χ3n) is 5.40. The van der Waals surface area contributed by atoms with Gasteiger partial charge in [-0.05, 0) is 42.5 Å². The van der Waals surface area contributed by atoms with Crippen molar-refractivity contribution in [2.45, 2.75) is 51.6 Å². The van der Waals surface area contributed by atoms with Gasteiger partial charge in [-0.15, -0.1) is 0 Å². The summed E-state index contributed by atoms with van der Waals surface area (Å²) < 4.78 is 28.0. The topological polar surface area (TPSA) is 58.2 Å². The minimum absolute atomic E-state index is 0.0179. The van der Waals surface area contributed by atoms with E-state index in [2.05, 4.69) is 37.7 Å². The second-order valence-corrected chi connectivity index (χ2v) is 8.79. The molecule has 1 saturated carbocycles. The van der Waals surface area contributed by atoms with Gasteiger partial charge in [-0.25, -0.2) is 13.1 Å². The van der Waals surface area contributed by atoms with Crippen molar-refractivity contribution in [3.63, 3.8) is 0 Å². The molecule has 1 aromatic rings. The van der Waals surface area contributed by atoms with Crippen LogP contribution in [0.2, 0.25) is 0 Å². The zero-order valence-electron chi connectivity index (χ0n) is 13.7. The molecule has 0 spiro atoms. The van der Waals surface area contributed by atoms with E-state index in [1.807, 2.05) is 20.0 Å². The number of sulfonamides is 1. The molecule has 4 nitrogen and oxygen atoms in total. The van der Waals surface area contributed by atoms with Crippen LogP contribution in [0.25, 0.3) is 0 Å². The van der Waals surface area contributed by atoms with Crippen molar-refractivity contribution in [2.75, 3.05) is 7.05 Å². The lowest BCUT2D eigenvalue weighted by atomic mass is 10.0. The van der Waals surface area contributed by atoms with Crippen molar-refractivity contribution in [3.8, 4) is 0 Å². The van der Waals surface area contributed by atoms with Gasteiger partial charge in [-0.2, -0.15) is 0 Å². The lowest BCUT2D eigenvalue weighted by Crippen LogP contribution is -2.30. The van der Waals surface area contributed by atoms with Crippen molar-refractivity contribution in [2.24, 2.45) is 10.8 Å². The Bertz CT molecular complexity index is 621. The lowest BCUT2D eigenvalue weighted by molar-refractivity contribution is 0.457. The molecule has 0 saturated heterocycles. The number of benzene rings is 1. The van der Waals surface area contributed by atoms with Gasteiger partial charge in [0.15, 0.2) is 0 Å². The van der Waals surface area contributed by atoms with E-state index < -0.39 is 10.0 Å². The van der Waals surface area contributed by atoms with Crippen molar-refractivity contribution in [1.82, 2.24) is 10.0 Å². The summed E-state index contributed by atoms with van der Waals surface area (Å²) in [5.41, 5.74) is 0.931. The smallest absolute Gasteiger partial charge is 0.240 e. The van der Waals surface area contributed by atoms with Crippen molar-refractivity contribution < 1.29 is 8.42 Å². The Kier molecular flexibility index (Phi) is 3.98. The summed E-state index contributed by atoms with van der Waals surface area (Å²) in [6.07, 6.45) is 0. The van der Waals surface area contributed by atoms with E-state index in [0.717, 1.165) is 5.56 Å². The van der Waals surface area contributed by atoms with Gasteiger partial charge in [0.05, 0.1) is 4.90 Å². The van der Waals surface area contributed by atoms with E-state index >= 15 is 0 Å². The highest BCUT2D eigenvalue weighted by Crippen LogP contribution is 2.62. The highest BCUT2D eigenvalue weighted by Gasteiger charge is 2.66. The lowest BCUT2D eigenvalue weighted by Gasteiger charge is -2.13. The van der Waals surface area contributed by atoms with Crippen molar-refractivity contribution >= 4 is 10.0 Å². The van der Waals surface area contributed by atoms with Crippen LogP contribution in [-0.4, -0.2) is 21.5 Å². The third kappa shape index (κ3) is 2.74. The van der Waals surface area contributed by atoms with Crippen molar-refractivity contribution in [1.29, 1.82) is 0 Å². The number of nitrogens with one attached hydrogen (secondary N) is 2. The molecule has 0 bridgehead atoms. The minimum Gasteiger partial charge on any atom is -0.313 e. The molecule has 2 rings (SSSR count). The van der Waals surface area contributed by atoms with Gasteiger partial charge in [0.1, 0.15) is 0 Å². The maximum atomic E-state index is 12.6. The molecule has 1 unspecified atom stereocenters. The van der Waals surface area contributed by atoms with Gasteiger partial charge in [-0.1, -0.05) is 39.8 Å². The molecule has 5 heteroatoms. The maximum Gasteiger partial charge on any atom is 0.240 e. The third-order valence-corrected chi connectivity index (χ3v) is 6.82. The van der Waals surface area contributed by atoms with E-state index in [1.54, 1.807) is 18.2 Å². The van der Waals surface area contributed by atoms with Crippen LogP contribution >= 0.6 is 0 Å². The van der Waals surface area contributed by atoms with Crippen LogP contribution in [-0.2, 0) is 10.0 Å². The Morgan fingerprint density at radius 3 is 2.19 bits per heavy atom. The van der Waals surface area contributed by atoms with Gasteiger partial charge < -0.3 is 5.32 Å². The second kappa shape index (κ2) is 5.07. The molecule has 0 aliphatic heterocycles. The molecule has 118 valence electrons. The first-order valence-electron chi connectivity index (χ1n) is 7.33. The first kappa shape index (κ1) is 16.5. The molecular formula is C16H26N2O2S. The Morgan fingerprint density at radius 2 is 1.71 bits per heavy atom. The average Bonchev–Trinajstić information content (AvgIpc) is 2.80. The molecule has 0 amide bonds. The zero-order chi connectivity index (χ0) is 16.1. The molecule has 1 aliphatic carbocycles. The summed E-state index contributed by atoms with van der Waals surface area (Å²) in [5.74, 6) is 0. The van der Waals surface area contributed by atoms with E-state index in [4.69, 9.17) is 0 Å². The van der Waals surface area contributed by atoms with E-state index in [1.165, 1.54) is 0 Å². The summed E-state index contributed by atoms with van der Waals surface area (Å²) >= 11 is 0. The van der Waals surface area contributed by atoms with E-state index in [-0.39, 0.29) is 22.9 Å². The van der Waals surface area contributed by atoms with Gasteiger partial charge in [0, 0.05) is 12.1 Å². The predicted octanol–water partition coefficient (Wildman–Crippen LogP) is 2.68. The van der Waals surface area contributed by atoms with E-state index in [0.29, 0.717) is 4.90 Å². The molecule has 1 atom stereocenters. The first-order chi connectivity index (χ1) is 9.54. The molecule has 1 fully saturated rings. The summed E-state index contributed by atoms with van der Waals surface area (Å²) in [6.45, 7) is 10.4. The average molecular weight is 310 g/mol. The Labute approximate surface area is 128 Å². The second-order valence-electron chi connectivity index (χ2n) is 7.08. The van der Waals surface area contributed by atoms with Gasteiger partial charge in [0.25, 0.3) is 0 Å². The molecule has 2 N–H and O–H groups in total. The van der Waals surface area contributed by atoms with Crippen LogP contribution in [0.3, 0.4) is 0 Å². The number of hydrogen-bond acceptors (Lipinski definition) is 3.